The van der Waals surface area contributed by atoms with Gasteiger partial charge in [-0.15, -0.1) is 0 Å². The first-order valence-electron chi connectivity index (χ1n) is 5.49. The maximum atomic E-state index is 13.5. The smallest absolute Gasteiger partial charge is 0.372 e. The van der Waals surface area contributed by atoms with Gasteiger partial charge >= 0.3 is 5.97 Å². The molecule has 0 unspecified atom stereocenters. The molecule has 0 aliphatic heterocycles. The molecule has 2 N–H and O–H groups in total. The van der Waals surface area contributed by atoms with Gasteiger partial charge in [-0.2, -0.15) is 0 Å². The lowest BCUT2D eigenvalue weighted by Crippen LogP contribution is -2.00. The number of aromatic carboxylic acids is 1. The highest BCUT2D eigenvalue weighted by Gasteiger charge is 2.14. The summed E-state index contributed by atoms with van der Waals surface area (Å²) in [5, 5.41) is 11.7. The van der Waals surface area contributed by atoms with Crippen LogP contribution in [0.4, 0.5) is 10.1 Å². The summed E-state index contributed by atoms with van der Waals surface area (Å²) < 4.78 is 19.4. The van der Waals surface area contributed by atoms with E-state index in [0.717, 1.165) is 0 Å². The molecule has 0 saturated heterocycles. The van der Waals surface area contributed by atoms with E-state index >= 15 is 0 Å². The number of nitrogens with one attached hydrogen (secondary N) is 1. The van der Waals surface area contributed by atoms with Gasteiger partial charge in [0.1, 0.15) is 11.6 Å². The molecule has 0 bridgehead atoms. The SMILES string of the molecule is Cc1cc(CNc2ccc(Br)cc2F)oc1C(=O)O. The molecular weight excluding hydrogens is 317 g/mol. The topological polar surface area (TPSA) is 62.5 Å². The molecule has 0 fully saturated rings. The number of hydrogen-bond donors (Lipinski definition) is 2. The summed E-state index contributed by atoms with van der Waals surface area (Å²) in [5.41, 5.74) is 0.870. The molecule has 0 spiro atoms. The number of carboxylic acids is 1. The van der Waals surface area contributed by atoms with Gasteiger partial charge in [0.15, 0.2) is 0 Å². The molecule has 100 valence electrons. The minimum Gasteiger partial charge on any atom is -0.475 e. The molecule has 4 nitrogen and oxygen atoms in total. The number of furan rings is 1. The Kier molecular flexibility index (Phi) is 3.90. The van der Waals surface area contributed by atoms with Crippen LogP contribution in [0.1, 0.15) is 21.9 Å². The van der Waals surface area contributed by atoms with Crippen molar-refractivity contribution in [3.8, 4) is 0 Å². The van der Waals surface area contributed by atoms with Crippen LogP contribution in [0.3, 0.4) is 0 Å². The first-order valence-corrected chi connectivity index (χ1v) is 6.28. The largest absolute Gasteiger partial charge is 0.475 e. The summed E-state index contributed by atoms with van der Waals surface area (Å²) in [6.07, 6.45) is 0. The van der Waals surface area contributed by atoms with Crippen LogP contribution in [0.5, 0.6) is 0 Å². The van der Waals surface area contributed by atoms with Crippen LogP contribution >= 0.6 is 15.9 Å². The second-order valence-electron chi connectivity index (χ2n) is 4.01. The second kappa shape index (κ2) is 5.44. The molecule has 0 aliphatic rings. The Morgan fingerprint density at radius 1 is 1.47 bits per heavy atom. The van der Waals surface area contributed by atoms with Gasteiger partial charge in [0, 0.05) is 10.0 Å². The van der Waals surface area contributed by atoms with Crippen molar-refractivity contribution < 1.29 is 18.7 Å². The summed E-state index contributed by atoms with van der Waals surface area (Å²) in [6.45, 7) is 1.86. The lowest BCUT2D eigenvalue weighted by atomic mass is 10.2. The van der Waals surface area contributed by atoms with Crippen molar-refractivity contribution in [1.29, 1.82) is 0 Å². The van der Waals surface area contributed by atoms with Gasteiger partial charge in [0.05, 0.1) is 12.2 Å². The van der Waals surface area contributed by atoms with Crippen molar-refractivity contribution in [2.45, 2.75) is 13.5 Å². The molecule has 0 saturated carbocycles. The van der Waals surface area contributed by atoms with E-state index in [9.17, 15) is 9.18 Å². The van der Waals surface area contributed by atoms with Crippen LogP contribution in [0.25, 0.3) is 0 Å². The van der Waals surface area contributed by atoms with Crippen LogP contribution in [-0.4, -0.2) is 11.1 Å². The van der Waals surface area contributed by atoms with E-state index in [1.54, 1.807) is 25.1 Å². The van der Waals surface area contributed by atoms with Crippen molar-refractivity contribution >= 4 is 27.6 Å². The molecule has 0 amide bonds. The van der Waals surface area contributed by atoms with E-state index in [2.05, 4.69) is 21.2 Å². The predicted octanol–water partition coefficient (Wildman–Crippen LogP) is 3.80. The lowest BCUT2D eigenvalue weighted by Gasteiger charge is -2.05. The van der Waals surface area contributed by atoms with Gasteiger partial charge in [0.2, 0.25) is 5.76 Å². The summed E-state index contributed by atoms with van der Waals surface area (Å²) in [4.78, 5) is 10.8. The number of rotatable bonds is 4. The quantitative estimate of drug-likeness (QED) is 0.896. The van der Waals surface area contributed by atoms with E-state index < -0.39 is 11.8 Å². The average Bonchev–Trinajstić information content (AvgIpc) is 2.69. The van der Waals surface area contributed by atoms with Crippen molar-refractivity contribution in [2.24, 2.45) is 0 Å². The third kappa shape index (κ3) is 3.14. The molecule has 0 atom stereocenters. The molecule has 2 rings (SSSR count). The molecule has 1 aromatic carbocycles. The van der Waals surface area contributed by atoms with Gasteiger partial charge in [-0.1, -0.05) is 15.9 Å². The number of hydrogen-bond acceptors (Lipinski definition) is 3. The summed E-state index contributed by atoms with van der Waals surface area (Å²) in [7, 11) is 0. The normalized spacial score (nSPS) is 10.5. The third-order valence-corrected chi connectivity index (χ3v) is 3.04. The summed E-state index contributed by atoms with van der Waals surface area (Å²) in [6, 6.07) is 6.26. The maximum Gasteiger partial charge on any atom is 0.372 e. The molecule has 19 heavy (non-hydrogen) atoms. The van der Waals surface area contributed by atoms with Crippen molar-refractivity contribution in [2.75, 3.05) is 5.32 Å². The number of carbonyl (C=O) groups is 1. The number of anilines is 1. The predicted molar refractivity (Wildman–Crippen MR) is 71.8 cm³/mol. The van der Waals surface area contributed by atoms with Gasteiger partial charge in [-0.25, -0.2) is 9.18 Å². The summed E-state index contributed by atoms with van der Waals surface area (Å²) in [5.74, 6) is -1.15. The highest BCUT2D eigenvalue weighted by atomic mass is 79.9. The van der Waals surface area contributed by atoms with Crippen LogP contribution in [0.15, 0.2) is 33.2 Å². The van der Waals surface area contributed by atoms with Crippen LogP contribution in [-0.2, 0) is 6.54 Å². The zero-order valence-electron chi connectivity index (χ0n) is 10.0. The molecule has 6 heteroatoms. The van der Waals surface area contributed by atoms with Crippen molar-refractivity contribution in [3.05, 3.63) is 51.6 Å². The minimum atomic E-state index is -1.11. The first kappa shape index (κ1) is 13.6. The highest BCUT2D eigenvalue weighted by molar-refractivity contribution is 9.10. The van der Waals surface area contributed by atoms with E-state index in [1.807, 2.05) is 0 Å². The van der Waals surface area contributed by atoms with Gasteiger partial charge in [0.25, 0.3) is 0 Å². The Labute approximate surface area is 117 Å². The zero-order valence-corrected chi connectivity index (χ0v) is 11.6. The summed E-state index contributed by atoms with van der Waals surface area (Å²) >= 11 is 3.17. The lowest BCUT2D eigenvalue weighted by molar-refractivity contribution is 0.0659. The Balaban J connectivity index is 2.10. The fourth-order valence-electron chi connectivity index (χ4n) is 1.66. The van der Waals surface area contributed by atoms with Gasteiger partial charge < -0.3 is 14.8 Å². The number of carboxylic acid groups (broad SMARTS) is 1. The van der Waals surface area contributed by atoms with E-state index in [4.69, 9.17) is 9.52 Å². The Hall–Kier alpha value is -1.82. The molecule has 1 aromatic heterocycles. The van der Waals surface area contributed by atoms with E-state index in [-0.39, 0.29) is 12.3 Å². The molecular formula is C13H11BrFNO3. The fraction of sp³-hybridized carbons (Fsp3) is 0.154. The maximum absolute atomic E-state index is 13.5. The standard InChI is InChI=1S/C13H11BrFNO3/c1-7-4-9(19-12(7)13(17)18)6-16-11-3-2-8(14)5-10(11)15/h2-5,16H,6H2,1H3,(H,17,18). The number of aryl methyl sites for hydroxylation is 1. The molecule has 0 radical (unpaired) electrons. The van der Waals surface area contributed by atoms with Gasteiger partial charge in [-0.3, -0.25) is 0 Å². The minimum absolute atomic E-state index is 0.0897. The monoisotopic (exact) mass is 327 g/mol. The number of halogens is 2. The molecule has 1 heterocycles. The average molecular weight is 328 g/mol. The van der Waals surface area contributed by atoms with Gasteiger partial charge in [-0.05, 0) is 31.2 Å². The van der Waals surface area contributed by atoms with Crippen LogP contribution < -0.4 is 5.32 Å². The second-order valence-corrected chi connectivity index (χ2v) is 4.92. The zero-order chi connectivity index (χ0) is 14.0. The molecule has 0 aliphatic carbocycles. The van der Waals surface area contributed by atoms with Crippen molar-refractivity contribution in [3.63, 3.8) is 0 Å². The highest BCUT2D eigenvalue weighted by Crippen LogP contribution is 2.21. The first-order chi connectivity index (χ1) is 8.97. The Morgan fingerprint density at radius 3 is 2.79 bits per heavy atom. The number of benzene rings is 1. The van der Waals surface area contributed by atoms with E-state index in [0.29, 0.717) is 21.5 Å². The Morgan fingerprint density at radius 2 is 2.21 bits per heavy atom. The van der Waals surface area contributed by atoms with Crippen molar-refractivity contribution in [1.82, 2.24) is 0 Å². The Bertz CT molecular complexity index is 624. The fourth-order valence-corrected chi connectivity index (χ4v) is 2.00. The van der Waals surface area contributed by atoms with Crippen LogP contribution in [0, 0.1) is 12.7 Å². The van der Waals surface area contributed by atoms with E-state index in [1.165, 1.54) is 6.07 Å². The van der Waals surface area contributed by atoms with Crippen LogP contribution in [0.2, 0.25) is 0 Å². The third-order valence-electron chi connectivity index (χ3n) is 2.55. The molecule has 2 aromatic rings.